The fourth-order valence-electron chi connectivity index (χ4n) is 2.16. The van der Waals surface area contributed by atoms with E-state index in [0.717, 1.165) is 45.6 Å². The first kappa shape index (κ1) is 14.4. The van der Waals surface area contributed by atoms with Gasteiger partial charge in [0, 0.05) is 32.8 Å². The number of unbranched alkanes of at least 4 members (excludes halogenated alkanes) is 3. The molecule has 0 aromatic rings. The summed E-state index contributed by atoms with van der Waals surface area (Å²) < 4.78 is 0. The third-order valence-corrected chi connectivity index (χ3v) is 3.21. The van der Waals surface area contributed by atoms with Gasteiger partial charge in [0.25, 0.3) is 0 Å². The van der Waals surface area contributed by atoms with Crippen molar-refractivity contribution in [3.05, 3.63) is 0 Å². The van der Waals surface area contributed by atoms with Crippen LogP contribution in [-0.2, 0) is 4.79 Å². The van der Waals surface area contributed by atoms with Crippen LogP contribution in [0.2, 0.25) is 0 Å². The highest BCUT2D eigenvalue weighted by Gasteiger charge is 2.17. The molecule has 1 aliphatic rings. The maximum atomic E-state index is 10.5. The summed E-state index contributed by atoms with van der Waals surface area (Å²) >= 11 is 0. The number of aliphatic hydroxyl groups excluding tert-OH is 1. The first-order valence-electron chi connectivity index (χ1n) is 6.49. The minimum atomic E-state index is -0.734. The predicted molar refractivity (Wildman–Crippen MR) is 66.1 cm³/mol. The van der Waals surface area contributed by atoms with Crippen molar-refractivity contribution in [3.63, 3.8) is 0 Å². The molecule has 0 unspecified atom stereocenters. The van der Waals surface area contributed by atoms with Crippen LogP contribution >= 0.6 is 0 Å². The summed E-state index contributed by atoms with van der Waals surface area (Å²) in [6, 6.07) is 0. The summed E-state index contributed by atoms with van der Waals surface area (Å²) in [4.78, 5) is 14.9. The monoisotopic (exact) mass is 244 g/mol. The van der Waals surface area contributed by atoms with Gasteiger partial charge < -0.3 is 15.1 Å². The van der Waals surface area contributed by atoms with E-state index >= 15 is 0 Å². The van der Waals surface area contributed by atoms with Crippen LogP contribution in [0.3, 0.4) is 0 Å². The molecule has 1 aliphatic heterocycles. The third kappa shape index (κ3) is 6.61. The lowest BCUT2D eigenvalue weighted by Crippen LogP contribution is -2.48. The predicted octanol–water partition coefficient (Wildman–Crippen LogP) is 0.241. The molecular formula is C12H24N2O3. The molecule has 5 nitrogen and oxygen atoms in total. The maximum absolute atomic E-state index is 10.5. The molecule has 1 fully saturated rings. The van der Waals surface area contributed by atoms with Gasteiger partial charge in [0.1, 0.15) is 0 Å². The summed E-state index contributed by atoms with van der Waals surface area (Å²) in [6.07, 6.45) is 4.37. The Morgan fingerprint density at radius 1 is 0.941 bits per heavy atom. The van der Waals surface area contributed by atoms with Gasteiger partial charge >= 0.3 is 5.97 Å². The number of aliphatic hydroxyl groups is 1. The average Bonchev–Trinajstić information content (AvgIpc) is 2.30. The molecule has 0 amide bonds. The van der Waals surface area contributed by atoms with Crippen molar-refractivity contribution in [2.24, 2.45) is 0 Å². The summed E-state index contributed by atoms with van der Waals surface area (Å²) in [5.41, 5.74) is 0. The second-order valence-electron chi connectivity index (χ2n) is 4.65. The Morgan fingerprint density at radius 2 is 1.53 bits per heavy atom. The van der Waals surface area contributed by atoms with Gasteiger partial charge in [-0.15, -0.1) is 0 Å². The smallest absolute Gasteiger partial charge is 0.317 e. The molecule has 0 aromatic carbocycles. The fourth-order valence-corrected chi connectivity index (χ4v) is 2.16. The van der Waals surface area contributed by atoms with Crippen LogP contribution in [-0.4, -0.2) is 71.9 Å². The molecule has 0 aromatic heterocycles. The average molecular weight is 244 g/mol. The molecule has 2 N–H and O–H groups in total. The van der Waals surface area contributed by atoms with E-state index in [1.807, 2.05) is 4.90 Å². The largest absolute Gasteiger partial charge is 0.480 e. The van der Waals surface area contributed by atoms with Gasteiger partial charge in [-0.1, -0.05) is 12.8 Å². The Morgan fingerprint density at radius 3 is 2.12 bits per heavy atom. The minimum Gasteiger partial charge on any atom is -0.480 e. The molecule has 1 saturated heterocycles. The molecule has 17 heavy (non-hydrogen) atoms. The van der Waals surface area contributed by atoms with E-state index in [1.165, 1.54) is 12.8 Å². The number of aliphatic carboxylic acids is 1. The fraction of sp³-hybridized carbons (Fsp3) is 0.917. The van der Waals surface area contributed by atoms with E-state index in [-0.39, 0.29) is 6.54 Å². The number of hydrogen-bond donors (Lipinski definition) is 2. The van der Waals surface area contributed by atoms with Gasteiger partial charge in [0.2, 0.25) is 0 Å². The highest BCUT2D eigenvalue weighted by molar-refractivity contribution is 5.69. The van der Waals surface area contributed by atoms with Crippen LogP contribution in [0.25, 0.3) is 0 Å². The van der Waals surface area contributed by atoms with E-state index in [1.54, 1.807) is 0 Å². The number of carbonyl (C=O) groups is 1. The van der Waals surface area contributed by atoms with E-state index in [2.05, 4.69) is 4.90 Å². The molecule has 0 spiro atoms. The van der Waals surface area contributed by atoms with Crippen molar-refractivity contribution in [2.75, 3.05) is 45.9 Å². The molecule has 0 radical (unpaired) electrons. The van der Waals surface area contributed by atoms with Gasteiger partial charge in [0.05, 0.1) is 6.54 Å². The zero-order valence-electron chi connectivity index (χ0n) is 10.5. The number of nitrogens with zero attached hydrogens (tertiary/aromatic N) is 2. The van der Waals surface area contributed by atoms with E-state index in [9.17, 15) is 4.79 Å². The van der Waals surface area contributed by atoms with Crippen molar-refractivity contribution < 1.29 is 15.0 Å². The number of hydrogen-bond acceptors (Lipinski definition) is 4. The maximum Gasteiger partial charge on any atom is 0.317 e. The zero-order valence-corrected chi connectivity index (χ0v) is 10.5. The highest BCUT2D eigenvalue weighted by Crippen LogP contribution is 2.05. The second-order valence-corrected chi connectivity index (χ2v) is 4.65. The minimum absolute atomic E-state index is 0.171. The number of rotatable bonds is 8. The van der Waals surface area contributed by atoms with Gasteiger partial charge in [0.15, 0.2) is 0 Å². The quantitative estimate of drug-likeness (QED) is 0.599. The Kier molecular flexibility index (Phi) is 7.16. The summed E-state index contributed by atoms with van der Waals surface area (Å²) in [5, 5.41) is 17.3. The zero-order chi connectivity index (χ0) is 12.5. The lowest BCUT2D eigenvalue weighted by Gasteiger charge is -2.33. The standard InChI is InChI=1S/C12H24N2O3/c15-10-4-2-1-3-5-13-6-8-14(9-7-13)11-12(16)17/h15H,1-11H2,(H,16,17). The Labute approximate surface area is 103 Å². The van der Waals surface area contributed by atoms with Gasteiger partial charge in [-0.25, -0.2) is 0 Å². The molecular weight excluding hydrogens is 220 g/mol. The Bertz CT molecular complexity index is 216. The van der Waals surface area contributed by atoms with Gasteiger partial charge in [-0.3, -0.25) is 9.69 Å². The van der Waals surface area contributed by atoms with Crippen molar-refractivity contribution >= 4 is 5.97 Å². The lowest BCUT2D eigenvalue weighted by molar-refractivity contribution is -0.138. The molecule has 0 bridgehead atoms. The van der Waals surface area contributed by atoms with Crippen LogP contribution in [0.4, 0.5) is 0 Å². The highest BCUT2D eigenvalue weighted by atomic mass is 16.4. The van der Waals surface area contributed by atoms with Crippen molar-refractivity contribution in [1.29, 1.82) is 0 Å². The lowest BCUT2D eigenvalue weighted by atomic mass is 10.2. The molecule has 5 heteroatoms. The molecule has 1 heterocycles. The number of piperazine rings is 1. The van der Waals surface area contributed by atoms with E-state index in [0.29, 0.717) is 6.61 Å². The normalized spacial score (nSPS) is 18.4. The van der Waals surface area contributed by atoms with Crippen LogP contribution in [0, 0.1) is 0 Å². The van der Waals surface area contributed by atoms with Crippen LogP contribution in [0.5, 0.6) is 0 Å². The van der Waals surface area contributed by atoms with Gasteiger partial charge in [-0.2, -0.15) is 0 Å². The molecule has 0 saturated carbocycles. The van der Waals surface area contributed by atoms with Crippen LogP contribution < -0.4 is 0 Å². The third-order valence-electron chi connectivity index (χ3n) is 3.21. The molecule has 1 rings (SSSR count). The van der Waals surface area contributed by atoms with Crippen molar-refractivity contribution in [1.82, 2.24) is 9.80 Å². The molecule has 0 aliphatic carbocycles. The van der Waals surface area contributed by atoms with E-state index in [4.69, 9.17) is 10.2 Å². The first-order chi connectivity index (χ1) is 8.22. The SMILES string of the molecule is O=C(O)CN1CCN(CCCCCCO)CC1. The number of carboxylic acids is 1. The number of carboxylic acid groups (broad SMARTS) is 1. The second kappa shape index (κ2) is 8.44. The van der Waals surface area contributed by atoms with E-state index < -0.39 is 5.97 Å². The van der Waals surface area contributed by atoms with Crippen molar-refractivity contribution in [3.8, 4) is 0 Å². The van der Waals surface area contributed by atoms with Crippen LogP contribution in [0.15, 0.2) is 0 Å². The van der Waals surface area contributed by atoms with Crippen molar-refractivity contribution in [2.45, 2.75) is 25.7 Å². The first-order valence-corrected chi connectivity index (χ1v) is 6.49. The summed E-state index contributed by atoms with van der Waals surface area (Å²) in [5.74, 6) is -0.734. The Balaban J connectivity index is 2.01. The summed E-state index contributed by atoms with van der Waals surface area (Å²) in [7, 11) is 0. The molecule has 100 valence electrons. The Hall–Kier alpha value is -0.650. The van der Waals surface area contributed by atoms with Gasteiger partial charge in [-0.05, 0) is 19.4 Å². The topological polar surface area (TPSA) is 64.0 Å². The van der Waals surface area contributed by atoms with Crippen LogP contribution in [0.1, 0.15) is 25.7 Å². The molecule has 0 atom stereocenters. The summed E-state index contributed by atoms with van der Waals surface area (Å²) in [6.45, 7) is 5.26.